The van der Waals surface area contributed by atoms with Gasteiger partial charge in [-0.1, -0.05) is 66.7 Å². The first-order valence-electron chi connectivity index (χ1n) is 14.9. The molecule has 2 heterocycles. The molecular weight excluding hydrogens is 556 g/mol. The third-order valence-electron chi connectivity index (χ3n) is 8.19. The lowest BCUT2D eigenvalue weighted by Crippen LogP contribution is -2.30. The normalized spacial score (nSPS) is 16.4. The van der Waals surface area contributed by atoms with Crippen LogP contribution in [0.3, 0.4) is 0 Å². The van der Waals surface area contributed by atoms with Crippen LogP contribution in [0.4, 0.5) is 5.69 Å². The molecule has 44 heavy (non-hydrogen) atoms. The zero-order chi connectivity index (χ0) is 30.5. The number of aryl methyl sites for hydroxylation is 1. The average Bonchev–Trinajstić information content (AvgIpc) is 3.33. The standard InChI is InChI=1S/C35H36N4O5/c1-38-32-28(36-27-18-16-26(17-19-27)34(40)42-2)14-9-15-29(32)39(35(38)41)30-20-21-31(43-22-24-10-5-3-6-11-24)37-33(30)44-23-25-12-7-4-8-13-25/h3-15,20-21,26-27,36H,16-19,22-23H2,1-2H3/t26-,27-. The van der Waals surface area contributed by atoms with Crippen molar-refractivity contribution in [1.29, 1.82) is 0 Å². The quantitative estimate of drug-likeness (QED) is 0.198. The van der Waals surface area contributed by atoms with E-state index < -0.39 is 0 Å². The molecule has 0 saturated heterocycles. The lowest BCUT2D eigenvalue weighted by Gasteiger charge is -2.28. The first-order valence-corrected chi connectivity index (χ1v) is 14.9. The predicted octanol–water partition coefficient (Wildman–Crippen LogP) is 6.03. The molecule has 9 nitrogen and oxygen atoms in total. The van der Waals surface area contributed by atoms with E-state index in [0.717, 1.165) is 53.5 Å². The van der Waals surface area contributed by atoms with Gasteiger partial charge in [-0.05, 0) is 55.0 Å². The minimum atomic E-state index is -0.215. The largest absolute Gasteiger partial charge is 0.473 e. The lowest BCUT2D eigenvalue weighted by molar-refractivity contribution is -0.146. The van der Waals surface area contributed by atoms with E-state index in [1.807, 2.05) is 84.9 Å². The van der Waals surface area contributed by atoms with E-state index in [0.29, 0.717) is 24.1 Å². The van der Waals surface area contributed by atoms with E-state index in [9.17, 15) is 9.59 Å². The van der Waals surface area contributed by atoms with Crippen LogP contribution in [0, 0.1) is 5.92 Å². The van der Waals surface area contributed by atoms with Crippen molar-refractivity contribution in [2.75, 3.05) is 12.4 Å². The highest BCUT2D eigenvalue weighted by molar-refractivity contribution is 5.90. The Hall–Kier alpha value is -5.05. The summed E-state index contributed by atoms with van der Waals surface area (Å²) < 4.78 is 20.5. The summed E-state index contributed by atoms with van der Waals surface area (Å²) in [6, 6.07) is 29.3. The van der Waals surface area contributed by atoms with Gasteiger partial charge >= 0.3 is 11.7 Å². The lowest BCUT2D eigenvalue weighted by atomic mass is 9.86. The van der Waals surface area contributed by atoms with E-state index in [2.05, 4.69) is 5.32 Å². The summed E-state index contributed by atoms with van der Waals surface area (Å²) in [7, 11) is 3.22. The number of ether oxygens (including phenoxy) is 3. The molecule has 5 aromatic rings. The monoisotopic (exact) mass is 592 g/mol. The molecule has 0 bridgehead atoms. The SMILES string of the molecule is COC(=O)[C@H]1CC[C@H](Nc2cccc3c2n(C)c(=O)n3-c2ccc(OCc3ccccc3)nc2OCc2ccccc2)CC1. The Morgan fingerprint density at radius 2 is 1.50 bits per heavy atom. The minimum Gasteiger partial charge on any atom is -0.473 e. The zero-order valence-electron chi connectivity index (χ0n) is 24.9. The summed E-state index contributed by atoms with van der Waals surface area (Å²) in [4.78, 5) is 30.5. The molecule has 1 saturated carbocycles. The number of para-hydroxylation sites is 1. The third-order valence-corrected chi connectivity index (χ3v) is 8.19. The summed E-state index contributed by atoms with van der Waals surface area (Å²) in [6.07, 6.45) is 3.23. The molecule has 1 aliphatic rings. The Labute approximate surface area is 256 Å². The molecule has 2 aromatic heterocycles. The van der Waals surface area contributed by atoms with Gasteiger partial charge in [0, 0.05) is 19.2 Å². The van der Waals surface area contributed by atoms with Crippen molar-refractivity contribution >= 4 is 22.7 Å². The second kappa shape index (κ2) is 13.1. The number of pyridine rings is 1. The fourth-order valence-corrected chi connectivity index (χ4v) is 5.85. The van der Waals surface area contributed by atoms with Crippen molar-refractivity contribution in [3.63, 3.8) is 0 Å². The maximum absolute atomic E-state index is 13.8. The van der Waals surface area contributed by atoms with Crippen LogP contribution >= 0.6 is 0 Å². The number of carbonyl (C=O) groups is 1. The highest BCUT2D eigenvalue weighted by atomic mass is 16.5. The van der Waals surface area contributed by atoms with Gasteiger partial charge in [0.2, 0.25) is 11.8 Å². The van der Waals surface area contributed by atoms with Gasteiger partial charge in [0.05, 0.1) is 29.7 Å². The van der Waals surface area contributed by atoms with E-state index in [4.69, 9.17) is 19.2 Å². The maximum atomic E-state index is 13.8. The Morgan fingerprint density at radius 1 is 0.841 bits per heavy atom. The van der Waals surface area contributed by atoms with Crippen LogP contribution in [0.2, 0.25) is 0 Å². The van der Waals surface area contributed by atoms with Crippen molar-refractivity contribution in [2.24, 2.45) is 13.0 Å². The predicted molar refractivity (Wildman–Crippen MR) is 169 cm³/mol. The number of nitrogens with zero attached hydrogens (tertiary/aromatic N) is 3. The molecule has 0 atom stereocenters. The van der Waals surface area contributed by atoms with E-state index in [-0.39, 0.29) is 30.2 Å². The number of nitrogens with one attached hydrogen (secondary N) is 1. The molecule has 3 aromatic carbocycles. The van der Waals surface area contributed by atoms with Crippen LogP contribution in [-0.2, 0) is 29.8 Å². The smallest absolute Gasteiger partial charge is 0.333 e. The van der Waals surface area contributed by atoms with Gasteiger partial charge in [-0.25, -0.2) is 4.79 Å². The number of esters is 1. The summed E-state index contributed by atoms with van der Waals surface area (Å²) in [6.45, 7) is 0.639. The van der Waals surface area contributed by atoms with Crippen LogP contribution < -0.4 is 20.5 Å². The van der Waals surface area contributed by atoms with Gasteiger partial charge in [-0.15, -0.1) is 0 Å². The number of anilines is 1. The Bertz CT molecular complexity index is 1790. The van der Waals surface area contributed by atoms with Gasteiger partial charge in [-0.2, -0.15) is 4.98 Å². The average molecular weight is 593 g/mol. The number of hydrogen-bond acceptors (Lipinski definition) is 7. The summed E-state index contributed by atoms with van der Waals surface area (Å²) >= 11 is 0. The van der Waals surface area contributed by atoms with E-state index >= 15 is 0 Å². The maximum Gasteiger partial charge on any atom is 0.333 e. The number of carbonyl (C=O) groups excluding carboxylic acids is 1. The second-order valence-electron chi connectivity index (χ2n) is 11.1. The number of fused-ring (bicyclic) bond motifs is 1. The van der Waals surface area contributed by atoms with Crippen LogP contribution in [-0.4, -0.2) is 33.2 Å². The molecule has 0 aliphatic heterocycles. The van der Waals surface area contributed by atoms with E-state index in [1.54, 1.807) is 22.2 Å². The zero-order valence-corrected chi connectivity index (χ0v) is 24.9. The first-order chi connectivity index (χ1) is 21.5. The number of rotatable bonds is 10. The van der Waals surface area contributed by atoms with Crippen molar-refractivity contribution in [2.45, 2.75) is 44.9 Å². The van der Waals surface area contributed by atoms with Crippen molar-refractivity contribution in [1.82, 2.24) is 14.1 Å². The Morgan fingerprint density at radius 3 is 2.16 bits per heavy atom. The van der Waals surface area contributed by atoms with Crippen molar-refractivity contribution < 1.29 is 19.0 Å². The van der Waals surface area contributed by atoms with Crippen LogP contribution in [0.1, 0.15) is 36.8 Å². The summed E-state index contributed by atoms with van der Waals surface area (Å²) in [5.41, 5.74) is 4.70. The molecule has 9 heteroatoms. The molecule has 0 radical (unpaired) electrons. The molecule has 1 fully saturated rings. The number of benzene rings is 3. The molecule has 0 amide bonds. The fraction of sp³-hybridized carbons (Fsp3) is 0.286. The highest BCUT2D eigenvalue weighted by Crippen LogP contribution is 2.33. The van der Waals surface area contributed by atoms with Gasteiger partial charge in [0.1, 0.15) is 18.9 Å². The molecule has 0 spiro atoms. The van der Waals surface area contributed by atoms with Gasteiger partial charge in [-0.3, -0.25) is 13.9 Å². The first kappa shape index (κ1) is 29.0. The Balaban J connectivity index is 1.33. The van der Waals surface area contributed by atoms with Crippen molar-refractivity contribution in [3.8, 4) is 17.4 Å². The third kappa shape index (κ3) is 6.17. The number of hydrogen-bond donors (Lipinski definition) is 1. The molecule has 6 rings (SSSR count). The molecule has 1 aliphatic carbocycles. The van der Waals surface area contributed by atoms with E-state index in [1.165, 1.54) is 7.11 Å². The van der Waals surface area contributed by atoms with Crippen molar-refractivity contribution in [3.05, 3.63) is 113 Å². The highest BCUT2D eigenvalue weighted by Gasteiger charge is 2.28. The summed E-state index contributed by atoms with van der Waals surface area (Å²) in [5.74, 6) is 0.508. The Kier molecular flexibility index (Phi) is 8.63. The molecular formula is C35H36N4O5. The second-order valence-corrected chi connectivity index (χ2v) is 11.1. The van der Waals surface area contributed by atoms with Crippen LogP contribution in [0.25, 0.3) is 16.7 Å². The molecule has 0 unspecified atom stereocenters. The number of imidazole rings is 1. The minimum absolute atomic E-state index is 0.0549. The number of aromatic nitrogens is 3. The van der Waals surface area contributed by atoms with Gasteiger partial charge in [0.25, 0.3) is 0 Å². The number of methoxy groups -OCH3 is 1. The fourth-order valence-electron chi connectivity index (χ4n) is 5.85. The molecule has 1 N–H and O–H groups in total. The molecule has 226 valence electrons. The van der Waals surface area contributed by atoms with Gasteiger partial charge < -0.3 is 19.5 Å². The van der Waals surface area contributed by atoms with Gasteiger partial charge in [0.15, 0.2) is 0 Å². The summed E-state index contributed by atoms with van der Waals surface area (Å²) in [5, 5.41) is 3.64. The van der Waals surface area contributed by atoms with Crippen LogP contribution in [0.5, 0.6) is 11.8 Å². The topological polar surface area (TPSA) is 96.6 Å². The van der Waals surface area contributed by atoms with Crippen LogP contribution in [0.15, 0.2) is 95.8 Å².